The van der Waals surface area contributed by atoms with E-state index in [1.165, 1.54) is 0 Å². The molecule has 0 saturated heterocycles. The lowest BCUT2D eigenvalue weighted by Crippen LogP contribution is -2.43. The highest BCUT2D eigenvalue weighted by Gasteiger charge is 2.02. The Labute approximate surface area is 100 Å². The Hall–Kier alpha value is -1.98. The molecule has 0 radical (unpaired) electrons. The van der Waals surface area contributed by atoms with Gasteiger partial charge in [-0.3, -0.25) is 10.3 Å². The highest BCUT2D eigenvalue weighted by molar-refractivity contribution is 5.95. The number of carbonyl (C=O) groups excluding carboxylic acids is 1. The quantitative estimate of drug-likeness (QED) is 0.408. The molecular weight excluding hydrogens is 220 g/mol. The van der Waals surface area contributed by atoms with Crippen LogP contribution >= 0.6 is 0 Å². The summed E-state index contributed by atoms with van der Waals surface area (Å²) in [4.78, 5) is 15.4. The van der Waals surface area contributed by atoms with Crippen LogP contribution in [0.1, 0.15) is 25.5 Å². The number of nitrogens with one attached hydrogen (secondary N) is 2. The minimum absolute atomic E-state index is 0.135. The van der Waals surface area contributed by atoms with Gasteiger partial charge in [0.05, 0.1) is 12.8 Å². The number of hydrogen-bond acceptors (Lipinski definition) is 3. The van der Waals surface area contributed by atoms with Gasteiger partial charge >= 0.3 is 6.03 Å². The van der Waals surface area contributed by atoms with E-state index < -0.39 is 0 Å². The van der Waals surface area contributed by atoms with Crippen LogP contribution in [0.2, 0.25) is 0 Å². The molecule has 4 N–H and O–H groups in total. The van der Waals surface area contributed by atoms with Crippen LogP contribution in [-0.2, 0) is 6.54 Å². The summed E-state index contributed by atoms with van der Waals surface area (Å²) in [5.41, 5.74) is 5.52. The van der Waals surface area contributed by atoms with Crippen LogP contribution in [0.3, 0.4) is 0 Å². The summed E-state index contributed by atoms with van der Waals surface area (Å²) in [5, 5.41) is 5.04. The summed E-state index contributed by atoms with van der Waals surface area (Å²) in [6, 6.07) is 3.15. The van der Waals surface area contributed by atoms with Crippen molar-refractivity contribution in [3.8, 4) is 0 Å². The van der Waals surface area contributed by atoms with Crippen molar-refractivity contribution in [2.45, 2.75) is 26.3 Å². The summed E-state index contributed by atoms with van der Waals surface area (Å²) < 4.78 is 5.06. The third-order valence-electron chi connectivity index (χ3n) is 2.04. The summed E-state index contributed by atoms with van der Waals surface area (Å²) in [6.07, 6.45) is 3.55. The number of rotatable bonds is 5. The van der Waals surface area contributed by atoms with Crippen molar-refractivity contribution < 1.29 is 9.21 Å². The predicted octanol–water partition coefficient (Wildman–Crippen LogP) is 1.19. The Kier molecular flexibility index (Phi) is 5.63. The zero-order valence-corrected chi connectivity index (χ0v) is 9.90. The minimum Gasteiger partial charge on any atom is -0.467 e. The van der Waals surface area contributed by atoms with Gasteiger partial charge < -0.3 is 15.5 Å². The van der Waals surface area contributed by atoms with Gasteiger partial charge in [-0.05, 0) is 18.6 Å². The van der Waals surface area contributed by atoms with Gasteiger partial charge in [0.25, 0.3) is 0 Å². The van der Waals surface area contributed by atoms with Gasteiger partial charge in [0.15, 0.2) is 5.96 Å². The van der Waals surface area contributed by atoms with Crippen LogP contribution < -0.4 is 16.4 Å². The second-order valence-corrected chi connectivity index (χ2v) is 3.51. The van der Waals surface area contributed by atoms with Crippen molar-refractivity contribution in [1.82, 2.24) is 10.6 Å². The molecule has 0 saturated carbocycles. The zero-order chi connectivity index (χ0) is 12.5. The molecule has 94 valence electrons. The molecular formula is C11H18N4O2. The molecule has 2 amide bonds. The van der Waals surface area contributed by atoms with Gasteiger partial charge in [-0.15, -0.1) is 0 Å². The summed E-state index contributed by atoms with van der Waals surface area (Å²) >= 11 is 0. The third kappa shape index (κ3) is 5.60. The van der Waals surface area contributed by atoms with E-state index >= 15 is 0 Å². The van der Waals surface area contributed by atoms with Crippen molar-refractivity contribution in [3.63, 3.8) is 0 Å². The average Bonchev–Trinajstić information content (AvgIpc) is 2.79. The first kappa shape index (κ1) is 13.1. The van der Waals surface area contributed by atoms with E-state index in [4.69, 9.17) is 10.2 Å². The largest absolute Gasteiger partial charge is 0.467 e. The summed E-state index contributed by atoms with van der Waals surface area (Å²) in [5.74, 6) is 0.817. The molecule has 0 aliphatic rings. The van der Waals surface area contributed by atoms with Crippen LogP contribution in [0.25, 0.3) is 0 Å². The number of nitrogens with zero attached hydrogens (tertiary/aromatic N) is 1. The number of unbranched alkanes of at least 4 members (excludes halogenated alkanes) is 1. The van der Waals surface area contributed by atoms with E-state index in [0.29, 0.717) is 18.8 Å². The average molecular weight is 238 g/mol. The fourth-order valence-corrected chi connectivity index (χ4v) is 1.14. The first-order valence-electron chi connectivity index (χ1n) is 5.59. The van der Waals surface area contributed by atoms with Crippen molar-refractivity contribution in [2.75, 3.05) is 6.54 Å². The zero-order valence-electron chi connectivity index (χ0n) is 9.90. The molecule has 0 fully saturated rings. The molecule has 17 heavy (non-hydrogen) atoms. The monoisotopic (exact) mass is 238 g/mol. The second-order valence-electron chi connectivity index (χ2n) is 3.51. The number of guanidine groups is 1. The Bertz CT molecular complexity index is 360. The maximum atomic E-state index is 11.4. The van der Waals surface area contributed by atoms with E-state index in [2.05, 4.69) is 22.5 Å². The molecule has 0 atom stereocenters. The van der Waals surface area contributed by atoms with Gasteiger partial charge in [0.1, 0.15) is 5.76 Å². The molecule has 1 heterocycles. The van der Waals surface area contributed by atoms with Crippen LogP contribution in [0.5, 0.6) is 0 Å². The molecule has 6 nitrogen and oxygen atoms in total. The van der Waals surface area contributed by atoms with E-state index in [1.807, 2.05) is 0 Å². The molecule has 0 bridgehead atoms. The number of furan rings is 1. The molecule has 1 rings (SSSR count). The number of carbonyl (C=O) groups is 1. The predicted molar refractivity (Wildman–Crippen MR) is 65.5 cm³/mol. The van der Waals surface area contributed by atoms with E-state index in [-0.39, 0.29) is 12.0 Å². The molecule has 1 aromatic heterocycles. The molecule has 6 heteroatoms. The standard InChI is InChI=1S/C11H18N4O2/c1-2-3-6-13-10(12)15-11(16)14-8-9-5-4-7-17-9/h4-5,7H,2-3,6,8H2,1H3,(H4,12,13,14,15,16). The fourth-order valence-electron chi connectivity index (χ4n) is 1.14. The van der Waals surface area contributed by atoms with Gasteiger partial charge in [-0.2, -0.15) is 0 Å². The normalized spacial score (nSPS) is 11.2. The topological polar surface area (TPSA) is 92.6 Å². The summed E-state index contributed by atoms with van der Waals surface area (Å²) in [7, 11) is 0. The number of amides is 2. The molecule has 0 aliphatic carbocycles. The van der Waals surface area contributed by atoms with Crippen molar-refractivity contribution in [1.29, 1.82) is 0 Å². The minimum atomic E-state index is -0.390. The molecule has 0 unspecified atom stereocenters. The van der Waals surface area contributed by atoms with Crippen LogP contribution in [0.15, 0.2) is 27.8 Å². The van der Waals surface area contributed by atoms with Crippen molar-refractivity contribution in [3.05, 3.63) is 24.2 Å². The highest BCUT2D eigenvalue weighted by Crippen LogP contribution is 1.97. The van der Waals surface area contributed by atoms with Crippen LogP contribution in [0, 0.1) is 0 Å². The first-order chi connectivity index (χ1) is 8.22. The Morgan fingerprint density at radius 1 is 1.59 bits per heavy atom. The van der Waals surface area contributed by atoms with E-state index in [0.717, 1.165) is 12.8 Å². The fraction of sp³-hybridized carbons (Fsp3) is 0.455. The Morgan fingerprint density at radius 3 is 3.06 bits per heavy atom. The molecule has 0 aromatic carbocycles. The maximum absolute atomic E-state index is 11.4. The van der Waals surface area contributed by atoms with Crippen molar-refractivity contribution in [2.24, 2.45) is 10.7 Å². The van der Waals surface area contributed by atoms with Gasteiger partial charge in [-0.1, -0.05) is 13.3 Å². The third-order valence-corrected chi connectivity index (χ3v) is 2.04. The van der Waals surface area contributed by atoms with E-state index in [1.54, 1.807) is 18.4 Å². The highest BCUT2D eigenvalue weighted by atomic mass is 16.3. The Morgan fingerprint density at radius 2 is 2.41 bits per heavy atom. The van der Waals surface area contributed by atoms with Crippen LogP contribution in [0.4, 0.5) is 4.79 Å². The first-order valence-corrected chi connectivity index (χ1v) is 5.59. The summed E-state index contributed by atoms with van der Waals surface area (Å²) in [6.45, 7) is 3.01. The van der Waals surface area contributed by atoms with Gasteiger partial charge in [0.2, 0.25) is 0 Å². The molecule has 0 spiro atoms. The van der Waals surface area contributed by atoms with Crippen LogP contribution in [-0.4, -0.2) is 18.5 Å². The lowest BCUT2D eigenvalue weighted by Gasteiger charge is -2.05. The lowest BCUT2D eigenvalue weighted by atomic mass is 10.3. The van der Waals surface area contributed by atoms with Crippen molar-refractivity contribution >= 4 is 12.0 Å². The SMILES string of the molecule is CCCCN=C(N)NC(=O)NCc1ccco1. The lowest BCUT2D eigenvalue weighted by molar-refractivity contribution is 0.244. The molecule has 1 aromatic rings. The van der Waals surface area contributed by atoms with Gasteiger partial charge in [-0.25, -0.2) is 4.79 Å². The van der Waals surface area contributed by atoms with E-state index in [9.17, 15) is 4.79 Å². The maximum Gasteiger partial charge on any atom is 0.321 e. The number of urea groups is 1. The smallest absolute Gasteiger partial charge is 0.321 e. The second kappa shape index (κ2) is 7.32. The number of hydrogen-bond donors (Lipinski definition) is 3. The van der Waals surface area contributed by atoms with Gasteiger partial charge in [0, 0.05) is 6.54 Å². The Balaban J connectivity index is 2.22. The number of aliphatic imine (C=N–C) groups is 1. The molecule has 0 aliphatic heterocycles. The number of nitrogens with two attached hydrogens (primary N) is 1.